The summed E-state index contributed by atoms with van der Waals surface area (Å²) < 4.78 is 37.3. The minimum Gasteiger partial charge on any atom is -0.465 e. The first-order valence-corrected chi connectivity index (χ1v) is 13.2. The number of benzene rings is 1. The lowest BCUT2D eigenvalue weighted by Gasteiger charge is -2.26. The molecule has 1 unspecified atom stereocenters. The minimum atomic E-state index is -4.47. The predicted molar refractivity (Wildman–Crippen MR) is 129 cm³/mol. The van der Waals surface area contributed by atoms with Gasteiger partial charge in [-0.25, -0.2) is 14.1 Å². The molecule has 0 spiro atoms. The van der Waals surface area contributed by atoms with Crippen molar-refractivity contribution in [2.45, 2.75) is 49.4 Å². The smallest absolute Gasteiger partial charge is 0.459 e. The summed E-state index contributed by atoms with van der Waals surface area (Å²) in [7, 11) is -4.47. The number of nitriles is 1. The standard InChI is InChI=1S/C23H25N6O8P/c1-3-34-20(31)13(2)28-38(33,36-14-7-5-4-6-8-14)37-21-22(11-24)23(21,32)18(30)17(35-22)15-9-10-16-19(25)26-12-27-29(15)16/h4-10,12-13,17-18,21,30,32H,3H2,1-2H3,(H,28,33)(H2,25,26,27)/t13-,17-,18-,21?,22+,23+,38+/m0/s1. The summed E-state index contributed by atoms with van der Waals surface area (Å²) >= 11 is 0. The maximum absolute atomic E-state index is 13.9. The van der Waals surface area contributed by atoms with Crippen LogP contribution in [0.2, 0.25) is 0 Å². The molecule has 1 aliphatic heterocycles. The van der Waals surface area contributed by atoms with Crippen molar-refractivity contribution in [3.05, 3.63) is 54.5 Å². The minimum absolute atomic E-state index is 0.0852. The second-order valence-corrected chi connectivity index (χ2v) is 10.5. The fraction of sp³-hybridized carbons (Fsp3) is 0.391. The first-order chi connectivity index (χ1) is 18.1. The van der Waals surface area contributed by atoms with E-state index in [0.29, 0.717) is 11.2 Å². The third kappa shape index (κ3) is 3.92. The largest absolute Gasteiger partial charge is 0.465 e. The molecular formula is C23H25N6O8P. The Hall–Kier alpha value is -3.57. The van der Waals surface area contributed by atoms with E-state index in [-0.39, 0.29) is 18.2 Å². The number of nitrogens with two attached hydrogens (primary N) is 1. The SMILES string of the molecule is CCOC(=O)[C@H](C)N[P@@](=O)(Oc1ccccc1)OC1[C@@]2(C#N)O[C@@H](c3ccc4c(N)ncnn34)[C@H](O)[C@@]12O. The molecule has 0 radical (unpaired) electrons. The molecule has 0 amide bonds. The highest BCUT2D eigenvalue weighted by Crippen LogP contribution is 2.68. The van der Waals surface area contributed by atoms with Crippen LogP contribution in [0.5, 0.6) is 5.75 Å². The lowest BCUT2D eigenvalue weighted by atomic mass is 10.0. The van der Waals surface area contributed by atoms with Crippen LogP contribution < -0.4 is 15.3 Å². The number of para-hydroxylation sites is 1. The summed E-state index contributed by atoms with van der Waals surface area (Å²) in [5.74, 6) is -0.422. The van der Waals surface area contributed by atoms with E-state index in [9.17, 15) is 24.8 Å². The molecule has 200 valence electrons. The van der Waals surface area contributed by atoms with Gasteiger partial charge in [-0.05, 0) is 38.1 Å². The highest BCUT2D eigenvalue weighted by atomic mass is 31.2. The van der Waals surface area contributed by atoms with Crippen molar-refractivity contribution in [2.24, 2.45) is 0 Å². The van der Waals surface area contributed by atoms with E-state index < -0.39 is 49.3 Å². The molecule has 1 saturated heterocycles. The molecule has 0 bridgehead atoms. The Morgan fingerprint density at radius 3 is 2.76 bits per heavy atom. The normalized spacial score (nSPS) is 30.1. The van der Waals surface area contributed by atoms with Crippen LogP contribution in [0.25, 0.3) is 5.52 Å². The number of esters is 1. The van der Waals surface area contributed by atoms with Crippen LogP contribution in [0.3, 0.4) is 0 Å². The van der Waals surface area contributed by atoms with Gasteiger partial charge >= 0.3 is 13.7 Å². The van der Waals surface area contributed by atoms with Crippen molar-refractivity contribution in [2.75, 3.05) is 12.3 Å². The van der Waals surface area contributed by atoms with Gasteiger partial charge in [0.05, 0.1) is 12.3 Å². The highest BCUT2D eigenvalue weighted by Gasteiger charge is 2.90. The lowest BCUT2D eigenvalue weighted by Crippen LogP contribution is -2.38. The number of nitrogen functional groups attached to an aromatic ring is 1. The van der Waals surface area contributed by atoms with Crippen LogP contribution >= 0.6 is 7.75 Å². The molecule has 7 atom stereocenters. The van der Waals surface area contributed by atoms with Crippen molar-refractivity contribution in [1.29, 1.82) is 5.26 Å². The summed E-state index contributed by atoms with van der Waals surface area (Å²) in [5, 5.41) is 39.1. The van der Waals surface area contributed by atoms with Crippen molar-refractivity contribution in [1.82, 2.24) is 19.7 Å². The molecule has 1 aliphatic carbocycles. The molecule has 38 heavy (non-hydrogen) atoms. The van der Waals surface area contributed by atoms with Gasteiger partial charge in [-0.15, -0.1) is 0 Å². The van der Waals surface area contributed by atoms with Crippen LogP contribution in [-0.4, -0.2) is 66.8 Å². The second-order valence-electron chi connectivity index (χ2n) is 8.85. The van der Waals surface area contributed by atoms with Crippen LogP contribution in [0, 0.1) is 11.3 Å². The summed E-state index contributed by atoms with van der Waals surface area (Å²) in [5.41, 5.74) is 2.20. The van der Waals surface area contributed by atoms with Gasteiger partial charge in [0.25, 0.3) is 0 Å². The number of nitrogens with zero attached hydrogens (tertiary/aromatic N) is 4. The number of carbonyl (C=O) groups excluding carboxylic acids is 1. The van der Waals surface area contributed by atoms with E-state index in [1.165, 1.54) is 29.9 Å². The van der Waals surface area contributed by atoms with Gasteiger partial charge in [-0.3, -0.25) is 9.32 Å². The van der Waals surface area contributed by atoms with Crippen molar-refractivity contribution in [3.8, 4) is 11.8 Å². The van der Waals surface area contributed by atoms with E-state index in [1.807, 2.05) is 6.07 Å². The average Bonchev–Trinajstić information content (AvgIpc) is 3.15. The zero-order valence-electron chi connectivity index (χ0n) is 20.3. The van der Waals surface area contributed by atoms with Gasteiger partial charge in [0.1, 0.15) is 41.9 Å². The monoisotopic (exact) mass is 544 g/mol. The molecule has 15 heteroatoms. The topological polar surface area (TPSA) is 204 Å². The number of fused-ring (bicyclic) bond motifs is 2. The van der Waals surface area contributed by atoms with Crippen molar-refractivity contribution >= 4 is 25.1 Å². The average molecular weight is 544 g/mol. The fourth-order valence-corrected chi connectivity index (χ4v) is 6.30. The number of hydrogen-bond acceptors (Lipinski definition) is 12. The number of carbonyl (C=O) groups is 1. The number of nitrogens with one attached hydrogen (secondary N) is 1. The van der Waals surface area contributed by atoms with Crippen LogP contribution in [0.1, 0.15) is 25.6 Å². The van der Waals surface area contributed by atoms with E-state index in [1.54, 1.807) is 37.3 Å². The Bertz CT molecular complexity index is 1460. The zero-order valence-corrected chi connectivity index (χ0v) is 21.2. The highest BCUT2D eigenvalue weighted by molar-refractivity contribution is 7.52. The van der Waals surface area contributed by atoms with Crippen molar-refractivity contribution < 1.29 is 38.1 Å². The molecule has 3 aromatic rings. The molecule has 2 aromatic heterocycles. The maximum atomic E-state index is 13.9. The first-order valence-electron chi connectivity index (χ1n) is 11.7. The molecule has 3 heterocycles. The Morgan fingerprint density at radius 1 is 1.37 bits per heavy atom. The van der Waals surface area contributed by atoms with E-state index in [2.05, 4.69) is 15.2 Å². The summed E-state index contributed by atoms with van der Waals surface area (Å²) in [6.07, 6.45) is -3.30. The molecule has 2 aliphatic rings. The lowest BCUT2D eigenvalue weighted by molar-refractivity contribution is -0.144. The quantitative estimate of drug-likeness (QED) is 0.218. The summed E-state index contributed by atoms with van der Waals surface area (Å²) in [6.45, 7) is 3.09. The molecular weight excluding hydrogens is 519 g/mol. The molecule has 14 nitrogen and oxygen atoms in total. The Balaban J connectivity index is 1.43. The molecule has 2 fully saturated rings. The molecule has 5 rings (SSSR count). The van der Waals surface area contributed by atoms with E-state index in [0.717, 1.165) is 0 Å². The van der Waals surface area contributed by atoms with E-state index >= 15 is 0 Å². The van der Waals surface area contributed by atoms with Gasteiger partial charge in [-0.1, -0.05) is 18.2 Å². The Kier molecular flexibility index (Phi) is 6.39. The number of ether oxygens (including phenoxy) is 2. The van der Waals surface area contributed by atoms with Gasteiger partial charge in [0.2, 0.25) is 5.60 Å². The fourth-order valence-electron chi connectivity index (χ4n) is 4.58. The number of hydrogen-bond donors (Lipinski definition) is 4. The molecule has 1 saturated carbocycles. The third-order valence-corrected chi connectivity index (χ3v) is 8.15. The van der Waals surface area contributed by atoms with Crippen molar-refractivity contribution in [3.63, 3.8) is 0 Å². The molecule has 1 aromatic carbocycles. The summed E-state index contributed by atoms with van der Waals surface area (Å²) in [4.78, 5) is 16.1. The Morgan fingerprint density at radius 2 is 2.11 bits per heavy atom. The van der Waals surface area contributed by atoms with Crippen LogP contribution in [0.15, 0.2) is 48.8 Å². The molecule has 5 N–H and O–H groups in total. The number of aliphatic hydroxyl groups excluding tert-OH is 1. The van der Waals surface area contributed by atoms with Crippen LogP contribution in [-0.2, 0) is 23.4 Å². The number of rotatable bonds is 9. The third-order valence-electron chi connectivity index (χ3n) is 6.50. The Labute approximate surface area is 216 Å². The van der Waals surface area contributed by atoms with Crippen LogP contribution in [0.4, 0.5) is 5.82 Å². The van der Waals surface area contributed by atoms with Gasteiger partial charge < -0.3 is 29.9 Å². The predicted octanol–water partition coefficient (Wildman–Crippen LogP) is 0.864. The number of aliphatic hydroxyl groups is 2. The van der Waals surface area contributed by atoms with Gasteiger partial charge in [0.15, 0.2) is 17.5 Å². The number of aromatic nitrogens is 3. The number of anilines is 1. The van der Waals surface area contributed by atoms with Gasteiger partial charge in [0, 0.05) is 0 Å². The first kappa shape index (κ1) is 26.1. The van der Waals surface area contributed by atoms with E-state index in [4.69, 9.17) is 24.3 Å². The maximum Gasteiger partial charge on any atom is 0.459 e. The zero-order chi connectivity index (χ0) is 27.3. The second kappa shape index (κ2) is 9.32. The van der Waals surface area contributed by atoms with Gasteiger partial charge in [-0.2, -0.15) is 15.4 Å². The summed E-state index contributed by atoms with van der Waals surface area (Å²) in [6, 6.07) is 11.8.